The molecule has 0 aromatic carbocycles. The Morgan fingerprint density at radius 3 is 1.86 bits per heavy atom. The molecule has 4 rings (SSSR count). The van der Waals surface area contributed by atoms with Crippen molar-refractivity contribution in [3.63, 3.8) is 0 Å². The summed E-state index contributed by atoms with van der Waals surface area (Å²) in [6, 6.07) is 0. The van der Waals surface area contributed by atoms with Gasteiger partial charge < -0.3 is 0 Å². The van der Waals surface area contributed by atoms with Gasteiger partial charge >= 0.3 is 0 Å². The normalized spacial score (nSPS) is 81.0. The van der Waals surface area contributed by atoms with Crippen LogP contribution in [0.25, 0.3) is 0 Å². The van der Waals surface area contributed by atoms with Crippen LogP contribution < -0.4 is 0 Å². The number of hydrogen-bond acceptors (Lipinski definition) is 0. The summed E-state index contributed by atoms with van der Waals surface area (Å²) < 4.78 is 0. The lowest BCUT2D eigenvalue weighted by atomic mass is 10.1. The van der Waals surface area contributed by atoms with Gasteiger partial charge in [0.15, 0.2) is 0 Å². The quantitative estimate of drug-likeness (QED) is 0.428. The number of rotatable bonds is 0. The van der Waals surface area contributed by atoms with Crippen LogP contribution in [0.5, 0.6) is 0 Å². The van der Waals surface area contributed by atoms with Crippen LogP contribution >= 0.6 is 0 Å². The molecule has 7 heavy (non-hydrogen) atoms. The van der Waals surface area contributed by atoms with Crippen LogP contribution in [-0.4, -0.2) is 0 Å². The van der Waals surface area contributed by atoms with E-state index in [9.17, 15) is 0 Å². The van der Waals surface area contributed by atoms with Crippen LogP contribution in [0.15, 0.2) is 0 Å². The molecule has 0 nitrogen and oxygen atoms in total. The van der Waals surface area contributed by atoms with Gasteiger partial charge in [0, 0.05) is 0 Å². The summed E-state index contributed by atoms with van der Waals surface area (Å²) in [5.41, 5.74) is 0.944. The van der Waals surface area contributed by atoms with Gasteiger partial charge in [0.2, 0.25) is 0 Å². The minimum absolute atomic E-state index is 0.944. The molecule has 4 fully saturated rings. The molecule has 0 aromatic rings. The molecule has 0 spiro atoms. The first-order chi connectivity index (χ1) is 3.35. The molecular weight excluding hydrogens is 84.1 g/mol. The highest BCUT2D eigenvalue weighted by atomic mass is 14.9. The van der Waals surface area contributed by atoms with Gasteiger partial charge in [-0.25, -0.2) is 0 Å². The van der Waals surface area contributed by atoms with Crippen molar-refractivity contribution >= 4 is 0 Å². The van der Waals surface area contributed by atoms with Crippen LogP contribution in [0.4, 0.5) is 0 Å². The zero-order chi connectivity index (χ0) is 4.65. The van der Waals surface area contributed by atoms with Crippen molar-refractivity contribution in [1.82, 2.24) is 0 Å². The van der Waals surface area contributed by atoms with Crippen LogP contribution in [0.1, 0.15) is 19.8 Å². The molecular formula is C7H10. The van der Waals surface area contributed by atoms with Gasteiger partial charge in [0.25, 0.3) is 0 Å². The third-order valence-electron chi connectivity index (χ3n) is 3.75. The summed E-state index contributed by atoms with van der Waals surface area (Å²) in [5.74, 6) is 3.68. The minimum atomic E-state index is 0.944. The van der Waals surface area contributed by atoms with Crippen LogP contribution in [0.3, 0.4) is 0 Å². The zero-order valence-corrected chi connectivity index (χ0v) is 4.65. The number of hydrogen-bond donors (Lipinski definition) is 0. The maximum atomic E-state index is 2.47. The van der Waals surface area contributed by atoms with Crippen molar-refractivity contribution in [2.75, 3.05) is 0 Å². The van der Waals surface area contributed by atoms with Crippen molar-refractivity contribution in [1.29, 1.82) is 0 Å². The van der Waals surface area contributed by atoms with E-state index in [1.54, 1.807) is 12.8 Å². The first-order valence-corrected chi connectivity index (χ1v) is 3.35. The maximum absolute atomic E-state index is 2.47. The minimum Gasteiger partial charge on any atom is -0.0588 e. The fraction of sp³-hybridized carbons (Fsp3) is 1.00. The van der Waals surface area contributed by atoms with E-state index in [1.807, 2.05) is 0 Å². The topological polar surface area (TPSA) is 0 Å². The summed E-state index contributed by atoms with van der Waals surface area (Å²) >= 11 is 0. The molecule has 2 bridgehead atoms. The fourth-order valence-corrected chi connectivity index (χ4v) is 3.10. The first kappa shape index (κ1) is 3.11. The van der Waals surface area contributed by atoms with Gasteiger partial charge in [-0.05, 0) is 36.0 Å². The van der Waals surface area contributed by atoms with Crippen LogP contribution in [-0.2, 0) is 0 Å². The largest absolute Gasteiger partial charge is 0.0588 e. The van der Waals surface area contributed by atoms with Gasteiger partial charge in [-0.2, -0.15) is 0 Å². The Bertz CT molecular complexity index is 115. The van der Waals surface area contributed by atoms with E-state index in [-0.39, 0.29) is 0 Å². The summed E-state index contributed by atoms with van der Waals surface area (Å²) in [7, 11) is 0. The lowest BCUT2D eigenvalue weighted by molar-refractivity contribution is 0.530. The van der Waals surface area contributed by atoms with E-state index >= 15 is 0 Å². The molecule has 0 radical (unpaired) electrons. The van der Waals surface area contributed by atoms with Gasteiger partial charge in [-0.3, -0.25) is 0 Å². The average molecular weight is 94.2 g/mol. The SMILES string of the molecule is CC12C3CCC1C32. The Kier molecular flexibility index (Phi) is 0.231. The highest BCUT2D eigenvalue weighted by Gasteiger charge is 2.85. The smallest absolute Gasteiger partial charge is 0.0229 e. The summed E-state index contributed by atoms with van der Waals surface area (Å²) in [6.45, 7) is 2.47. The van der Waals surface area contributed by atoms with E-state index in [0.717, 1.165) is 5.41 Å². The Morgan fingerprint density at radius 1 is 1.29 bits per heavy atom. The molecule has 4 aliphatic carbocycles. The molecule has 38 valence electrons. The van der Waals surface area contributed by atoms with E-state index < -0.39 is 0 Å². The second kappa shape index (κ2) is 0.519. The third kappa shape index (κ3) is 0.132. The molecule has 0 aliphatic heterocycles. The van der Waals surface area contributed by atoms with Crippen molar-refractivity contribution in [2.24, 2.45) is 23.2 Å². The Hall–Kier alpha value is 0. The van der Waals surface area contributed by atoms with Gasteiger partial charge in [0.05, 0.1) is 0 Å². The number of fused-ring (bicyclic) bond motifs is 1. The van der Waals surface area contributed by atoms with Crippen LogP contribution in [0.2, 0.25) is 0 Å². The standard InChI is InChI=1S/C7H10/c1-7-4-2-3-5(7)6(4)7/h4-6H,2-3H2,1H3. The monoisotopic (exact) mass is 94.1 g/mol. The Morgan fingerprint density at radius 2 is 1.71 bits per heavy atom. The second-order valence-electron chi connectivity index (χ2n) is 3.68. The predicted octanol–water partition coefficient (Wildman–Crippen LogP) is 1.66. The molecule has 4 saturated carbocycles. The van der Waals surface area contributed by atoms with Gasteiger partial charge in [-0.15, -0.1) is 0 Å². The van der Waals surface area contributed by atoms with E-state index in [0.29, 0.717) is 0 Å². The molecule has 0 heteroatoms. The van der Waals surface area contributed by atoms with E-state index in [4.69, 9.17) is 0 Å². The summed E-state index contributed by atoms with van der Waals surface area (Å²) in [5, 5.41) is 0. The van der Waals surface area contributed by atoms with Crippen molar-refractivity contribution in [3.05, 3.63) is 0 Å². The lowest BCUT2D eigenvalue weighted by Crippen LogP contribution is -1.89. The van der Waals surface area contributed by atoms with Crippen molar-refractivity contribution in [3.8, 4) is 0 Å². The van der Waals surface area contributed by atoms with Crippen LogP contribution in [0, 0.1) is 23.2 Å². The zero-order valence-electron chi connectivity index (χ0n) is 4.65. The molecule has 2 unspecified atom stereocenters. The predicted molar refractivity (Wildman–Crippen MR) is 27.8 cm³/mol. The van der Waals surface area contributed by atoms with Gasteiger partial charge in [0.1, 0.15) is 0 Å². The maximum Gasteiger partial charge on any atom is -0.0229 e. The lowest BCUT2D eigenvalue weighted by Gasteiger charge is -1.94. The summed E-state index contributed by atoms with van der Waals surface area (Å²) in [4.78, 5) is 0. The third-order valence-corrected chi connectivity index (χ3v) is 3.75. The average Bonchev–Trinajstić information content (AvgIpc) is 2.38. The highest BCUT2D eigenvalue weighted by molar-refractivity contribution is 5.33. The van der Waals surface area contributed by atoms with E-state index in [2.05, 4.69) is 6.92 Å². The van der Waals surface area contributed by atoms with E-state index in [1.165, 1.54) is 17.8 Å². The fourth-order valence-electron chi connectivity index (χ4n) is 3.10. The molecule has 0 amide bonds. The molecule has 4 aliphatic rings. The molecule has 0 N–H and O–H groups in total. The van der Waals surface area contributed by atoms with Crippen molar-refractivity contribution < 1.29 is 0 Å². The molecule has 0 saturated heterocycles. The van der Waals surface area contributed by atoms with Gasteiger partial charge in [-0.1, -0.05) is 6.92 Å². The summed E-state index contributed by atoms with van der Waals surface area (Å²) in [6.07, 6.45) is 3.15. The second-order valence-corrected chi connectivity index (χ2v) is 3.68. The van der Waals surface area contributed by atoms with Crippen molar-refractivity contribution in [2.45, 2.75) is 19.8 Å². The molecule has 0 aromatic heterocycles. The molecule has 2 atom stereocenters. The Labute approximate surface area is 43.9 Å². The highest BCUT2D eigenvalue weighted by Crippen LogP contribution is 2.91. The molecule has 0 heterocycles. The first-order valence-electron chi connectivity index (χ1n) is 3.35. The Balaban J connectivity index is 2.17.